The summed E-state index contributed by atoms with van der Waals surface area (Å²) in [6.45, 7) is 1.85. The second-order valence-corrected chi connectivity index (χ2v) is 6.08. The summed E-state index contributed by atoms with van der Waals surface area (Å²) in [5.74, 6) is -0.817. The Balaban J connectivity index is 2.34. The third-order valence-corrected chi connectivity index (χ3v) is 4.91. The Hall–Kier alpha value is -2.07. The Labute approximate surface area is 114 Å². The molecule has 1 aromatic heterocycles. The normalized spacial score (nSPS) is 20.4. The first-order chi connectivity index (χ1) is 9.34. The average molecular weight is 300 g/mol. The second-order valence-electron chi connectivity index (χ2n) is 4.19. The van der Waals surface area contributed by atoms with E-state index in [4.69, 9.17) is 0 Å². The average Bonchev–Trinajstić information content (AvgIpc) is 2.41. The predicted octanol–water partition coefficient (Wildman–Crippen LogP) is -0.501. The van der Waals surface area contributed by atoms with Gasteiger partial charge in [-0.15, -0.1) is 0 Å². The standard InChI is InChI=1S/C10H12N4O5S/c1-7-10(15)11-4-5-13(7)20(18,19)8-2-3-9(12-6-8)14(16)17/h2-3,6-7H,4-5H2,1H3,(H,11,15). The van der Waals surface area contributed by atoms with Crippen LogP contribution in [0.1, 0.15) is 6.92 Å². The molecule has 1 N–H and O–H groups in total. The Morgan fingerprint density at radius 1 is 1.50 bits per heavy atom. The number of nitrogens with one attached hydrogen (secondary N) is 1. The first kappa shape index (κ1) is 14.3. The van der Waals surface area contributed by atoms with Crippen LogP contribution in [0.4, 0.5) is 5.82 Å². The molecule has 1 aliphatic heterocycles. The minimum Gasteiger partial charge on any atom is -0.358 e. The van der Waals surface area contributed by atoms with E-state index >= 15 is 0 Å². The van der Waals surface area contributed by atoms with Crippen molar-refractivity contribution in [3.63, 3.8) is 0 Å². The molecule has 0 spiro atoms. The third-order valence-electron chi connectivity index (χ3n) is 2.96. The molecular formula is C10H12N4O5S. The number of amides is 1. The van der Waals surface area contributed by atoms with Crippen LogP contribution in [0.15, 0.2) is 23.2 Å². The summed E-state index contributed by atoms with van der Waals surface area (Å²) in [5, 5.41) is 13.0. The van der Waals surface area contributed by atoms with Crippen LogP contribution in [-0.4, -0.2) is 47.7 Å². The number of carbonyl (C=O) groups excluding carboxylic acids is 1. The first-order valence-electron chi connectivity index (χ1n) is 5.74. The highest BCUT2D eigenvalue weighted by Gasteiger charge is 2.36. The molecule has 0 aromatic carbocycles. The summed E-state index contributed by atoms with van der Waals surface area (Å²) in [6.07, 6.45) is 0.923. The summed E-state index contributed by atoms with van der Waals surface area (Å²) >= 11 is 0. The molecule has 1 amide bonds. The number of aromatic nitrogens is 1. The minimum atomic E-state index is -3.90. The molecule has 0 radical (unpaired) electrons. The summed E-state index contributed by atoms with van der Waals surface area (Å²) in [7, 11) is -3.90. The van der Waals surface area contributed by atoms with Gasteiger partial charge in [0.05, 0.1) is 0 Å². The van der Waals surface area contributed by atoms with Crippen molar-refractivity contribution in [2.45, 2.75) is 17.9 Å². The SMILES string of the molecule is CC1C(=O)NCCN1S(=O)(=O)c1ccc([N+](=O)[O-])nc1. The zero-order valence-electron chi connectivity index (χ0n) is 10.5. The Morgan fingerprint density at radius 2 is 2.20 bits per heavy atom. The number of rotatable bonds is 3. The van der Waals surface area contributed by atoms with Crippen LogP contribution in [-0.2, 0) is 14.8 Å². The largest absolute Gasteiger partial charge is 0.363 e. The minimum absolute atomic E-state index is 0.145. The van der Waals surface area contributed by atoms with E-state index in [1.165, 1.54) is 6.92 Å². The highest BCUT2D eigenvalue weighted by molar-refractivity contribution is 7.89. The van der Waals surface area contributed by atoms with E-state index < -0.39 is 26.8 Å². The molecule has 9 nitrogen and oxygen atoms in total. The lowest BCUT2D eigenvalue weighted by Crippen LogP contribution is -2.55. The molecular weight excluding hydrogens is 288 g/mol. The molecule has 1 aromatic rings. The number of hydrogen-bond acceptors (Lipinski definition) is 6. The maximum Gasteiger partial charge on any atom is 0.363 e. The summed E-state index contributed by atoms with van der Waals surface area (Å²) in [4.78, 5) is 24.6. The zero-order valence-corrected chi connectivity index (χ0v) is 11.3. The zero-order chi connectivity index (χ0) is 14.9. The van der Waals surface area contributed by atoms with Crippen LogP contribution >= 0.6 is 0 Å². The van der Waals surface area contributed by atoms with Gasteiger partial charge >= 0.3 is 5.82 Å². The fourth-order valence-corrected chi connectivity index (χ4v) is 3.40. The van der Waals surface area contributed by atoms with Gasteiger partial charge < -0.3 is 15.4 Å². The van der Waals surface area contributed by atoms with Crippen molar-refractivity contribution in [3.8, 4) is 0 Å². The van der Waals surface area contributed by atoms with Crippen molar-refractivity contribution in [1.82, 2.24) is 14.6 Å². The van der Waals surface area contributed by atoms with Crippen molar-refractivity contribution >= 4 is 21.7 Å². The molecule has 1 fully saturated rings. The van der Waals surface area contributed by atoms with Crippen molar-refractivity contribution in [2.75, 3.05) is 13.1 Å². The molecule has 1 aliphatic rings. The monoisotopic (exact) mass is 300 g/mol. The summed E-state index contributed by atoms with van der Waals surface area (Å²) in [5.41, 5.74) is 0. The number of nitro groups is 1. The molecule has 108 valence electrons. The number of nitrogens with zero attached hydrogens (tertiary/aromatic N) is 3. The van der Waals surface area contributed by atoms with Crippen LogP contribution in [0.5, 0.6) is 0 Å². The second kappa shape index (κ2) is 5.13. The van der Waals surface area contributed by atoms with Crippen LogP contribution in [0, 0.1) is 10.1 Å². The Bertz CT molecular complexity index is 642. The van der Waals surface area contributed by atoms with Crippen LogP contribution in [0.25, 0.3) is 0 Å². The van der Waals surface area contributed by atoms with Gasteiger partial charge in [0.2, 0.25) is 15.9 Å². The lowest BCUT2D eigenvalue weighted by Gasteiger charge is -2.31. The molecule has 1 unspecified atom stereocenters. The van der Waals surface area contributed by atoms with Crippen LogP contribution < -0.4 is 5.32 Å². The Kier molecular flexibility index (Phi) is 3.68. The number of hydrogen-bond donors (Lipinski definition) is 1. The third kappa shape index (κ3) is 2.47. The van der Waals surface area contributed by atoms with Gasteiger partial charge in [-0.25, -0.2) is 8.42 Å². The molecule has 2 rings (SSSR count). The quantitative estimate of drug-likeness (QED) is 0.593. The highest BCUT2D eigenvalue weighted by Crippen LogP contribution is 2.20. The van der Waals surface area contributed by atoms with Crippen molar-refractivity contribution in [1.29, 1.82) is 0 Å². The van der Waals surface area contributed by atoms with Crippen molar-refractivity contribution < 1.29 is 18.1 Å². The maximum atomic E-state index is 12.4. The van der Waals surface area contributed by atoms with Crippen LogP contribution in [0.2, 0.25) is 0 Å². The van der Waals surface area contributed by atoms with Gasteiger partial charge in [0.25, 0.3) is 0 Å². The highest BCUT2D eigenvalue weighted by atomic mass is 32.2. The molecule has 20 heavy (non-hydrogen) atoms. The van der Waals surface area contributed by atoms with E-state index in [1.807, 2.05) is 0 Å². The molecule has 10 heteroatoms. The topological polar surface area (TPSA) is 123 Å². The van der Waals surface area contributed by atoms with Crippen LogP contribution in [0.3, 0.4) is 0 Å². The lowest BCUT2D eigenvalue weighted by atomic mass is 10.2. The summed E-state index contributed by atoms with van der Waals surface area (Å²) < 4.78 is 25.8. The van der Waals surface area contributed by atoms with Gasteiger partial charge in [-0.3, -0.25) is 4.79 Å². The molecule has 0 aliphatic carbocycles. The molecule has 0 bridgehead atoms. The number of carbonyl (C=O) groups is 1. The van der Waals surface area contributed by atoms with E-state index in [1.54, 1.807) is 0 Å². The van der Waals surface area contributed by atoms with E-state index in [2.05, 4.69) is 10.3 Å². The van der Waals surface area contributed by atoms with Gasteiger partial charge in [0.15, 0.2) is 6.20 Å². The molecule has 2 heterocycles. The number of sulfonamides is 1. The maximum absolute atomic E-state index is 12.4. The summed E-state index contributed by atoms with van der Waals surface area (Å²) in [6, 6.07) is 1.30. The van der Waals surface area contributed by atoms with Gasteiger partial charge in [0, 0.05) is 19.2 Å². The Morgan fingerprint density at radius 3 is 2.75 bits per heavy atom. The van der Waals surface area contributed by atoms with Gasteiger partial charge in [-0.2, -0.15) is 4.31 Å². The number of piperazine rings is 1. The van der Waals surface area contributed by atoms with E-state index in [9.17, 15) is 23.3 Å². The predicted molar refractivity (Wildman–Crippen MR) is 67.3 cm³/mol. The fraction of sp³-hybridized carbons (Fsp3) is 0.400. The lowest BCUT2D eigenvalue weighted by molar-refractivity contribution is -0.389. The van der Waals surface area contributed by atoms with Gasteiger partial charge in [-0.1, -0.05) is 0 Å². The first-order valence-corrected chi connectivity index (χ1v) is 7.18. The fourth-order valence-electron chi connectivity index (χ4n) is 1.86. The molecule has 1 saturated heterocycles. The molecule has 0 saturated carbocycles. The van der Waals surface area contributed by atoms with E-state index in [0.29, 0.717) is 0 Å². The van der Waals surface area contributed by atoms with E-state index in [-0.39, 0.29) is 23.9 Å². The van der Waals surface area contributed by atoms with E-state index in [0.717, 1.165) is 22.6 Å². The smallest absolute Gasteiger partial charge is 0.358 e. The van der Waals surface area contributed by atoms with Crippen molar-refractivity contribution in [3.05, 3.63) is 28.4 Å². The van der Waals surface area contributed by atoms with Gasteiger partial charge in [0.1, 0.15) is 10.9 Å². The number of pyridine rings is 1. The molecule has 1 atom stereocenters. The van der Waals surface area contributed by atoms with Crippen molar-refractivity contribution in [2.24, 2.45) is 0 Å². The van der Waals surface area contributed by atoms with Gasteiger partial charge in [-0.05, 0) is 22.9 Å².